The van der Waals surface area contributed by atoms with Crippen LogP contribution in [0.15, 0.2) is 261 Å². The van der Waals surface area contributed by atoms with Crippen molar-refractivity contribution in [3.05, 3.63) is 283 Å². The number of fused-ring (bicyclic) bond motifs is 7. The quantitative estimate of drug-likeness (QED) is 0.147. The van der Waals surface area contributed by atoms with Crippen molar-refractivity contribution in [2.75, 3.05) is 4.90 Å². The molecule has 0 bridgehead atoms. The molecule has 0 atom stereocenters. The highest BCUT2D eigenvalue weighted by atomic mass is 32.1. The maximum atomic E-state index is 2.45. The molecule has 2 heteroatoms. The molecule has 0 unspecified atom stereocenters. The van der Waals surface area contributed by atoms with Gasteiger partial charge in [0, 0.05) is 37.2 Å². The second-order valence-electron chi connectivity index (χ2n) is 17.6. The molecule has 0 fully saturated rings. The Morgan fingerprint density at radius 2 is 0.806 bits per heavy atom. The molecule has 12 aromatic rings. The summed E-state index contributed by atoms with van der Waals surface area (Å²) in [4.78, 5) is 2.40. The predicted molar refractivity (Wildman–Crippen MR) is 285 cm³/mol. The first kappa shape index (κ1) is 39.1. The van der Waals surface area contributed by atoms with Gasteiger partial charge in [-0.1, -0.05) is 200 Å². The summed E-state index contributed by atoms with van der Waals surface area (Å²) in [5.74, 6) is 0. The molecule has 1 aliphatic rings. The molecule has 0 aliphatic heterocycles. The Hall–Kier alpha value is -8.30. The third-order valence-corrected chi connectivity index (χ3v) is 15.1. The third-order valence-electron chi connectivity index (χ3n) is 14.0. The van der Waals surface area contributed by atoms with Crippen LogP contribution in [0.1, 0.15) is 22.3 Å². The van der Waals surface area contributed by atoms with Crippen molar-refractivity contribution in [1.82, 2.24) is 0 Å². The van der Waals surface area contributed by atoms with Gasteiger partial charge in [-0.15, -0.1) is 11.3 Å². The van der Waals surface area contributed by atoms with E-state index in [0.717, 1.165) is 17.1 Å². The molecule has 1 heterocycles. The van der Waals surface area contributed by atoms with Crippen LogP contribution in [-0.2, 0) is 5.41 Å². The summed E-state index contributed by atoms with van der Waals surface area (Å²) in [7, 11) is 0. The van der Waals surface area contributed by atoms with Gasteiger partial charge in [0.2, 0.25) is 0 Å². The van der Waals surface area contributed by atoms with Crippen LogP contribution in [0.3, 0.4) is 0 Å². The predicted octanol–water partition coefficient (Wildman–Crippen LogP) is 18.0. The molecule has 1 aromatic heterocycles. The Balaban J connectivity index is 0.909. The lowest BCUT2D eigenvalue weighted by atomic mass is 9.67. The molecule has 0 amide bonds. The second kappa shape index (κ2) is 16.0. The zero-order chi connectivity index (χ0) is 44.3. The van der Waals surface area contributed by atoms with Crippen molar-refractivity contribution < 1.29 is 0 Å². The number of thiophene rings is 1. The van der Waals surface area contributed by atoms with Crippen molar-refractivity contribution in [2.24, 2.45) is 0 Å². The minimum absolute atomic E-state index is 0.449. The Morgan fingerprint density at radius 3 is 1.55 bits per heavy atom. The van der Waals surface area contributed by atoms with Crippen LogP contribution in [0.4, 0.5) is 17.1 Å². The summed E-state index contributed by atoms with van der Waals surface area (Å²) in [5, 5.41) is 5.09. The van der Waals surface area contributed by atoms with Gasteiger partial charge in [-0.05, 0) is 138 Å². The molecule has 0 radical (unpaired) electrons. The normalized spacial score (nSPS) is 12.6. The summed E-state index contributed by atoms with van der Waals surface area (Å²) < 4.78 is 2.60. The van der Waals surface area contributed by atoms with Gasteiger partial charge in [0.05, 0.1) is 5.41 Å². The first-order chi connectivity index (χ1) is 33.2. The Labute approximate surface area is 395 Å². The molecular weight excluding hydrogens is 827 g/mol. The number of rotatable bonds is 8. The number of hydrogen-bond acceptors (Lipinski definition) is 2. The van der Waals surface area contributed by atoms with Crippen LogP contribution >= 0.6 is 11.3 Å². The zero-order valence-corrected chi connectivity index (χ0v) is 37.5. The number of nitrogens with zero attached hydrogens (tertiary/aromatic N) is 1. The standard InChI is InChI=1S/C65H43NS/c1-3-19-50(20-4-1)65(51-21-5-2-6-22-51)61-27-11-9-24-57(61)58-39-33-48(42-62(58)65)45-31-36-53(37-32-45)66(54-38-40-64-60(43-54)59-25-10-12-28-63(59)67-64)52-34-29-44(30-35-52)47-17-13-18-49(41-47)56-26-14-16-46-15-7-8-23-55(46)56/h1-43H. The average molecular weight is 870 g/mol. The highest BCUT2D eigenvalue weighted by molar-refractivity contribution is 7.25. The van der Waals surface area contributed by atoms with Crippen molar-refractivity contribution >= 4 is 59.3 Å². The number of hydrogen-bond donors (Lipinski definition) is 0. The van der Waals surface area contributed by atoms with E-state index in [1.807, 2.05) is 11.3 Å². The fraction of sp³-hybridized carbons (Fsp3) is 0.0154. The highest BCUT2D eigenvalue weighted by Gasteiger charge is 2.46. The Bertz CT molecular complexity index is 3750. The molecule has 0 saturated heterocycles. The second-order valence-corrected chi connectivity index (χ2v) is 18.7. The number of benzene rings is 11. The van der Waals surface area contributed by atoms with E-state index in [-0.39, 0.29) is 0 Å². The molecular formula is C65H43NS. The topological polar surface area (TPSA) is 3.24 Å². The van der Waals surface area contributed by atoms with E-state index in [0.29, 0.717) is 0 Å². The summed E-state index contributed by atoms with van der Waals surface area (Å²) in [6.07, 6.45) is 0. The largest absolute Gasteiger partial charge is 0.310 e. The minimum atomic E-state index is -0.449. The van der Waals surface area contributed by atoms with Gasteiger partial charge >= 0.3 is 0 Å². The van der Waals surface area contributed by atoms with Gasteiger partial charge < -0.3 is 4.90 Å². The Kier molecular flexibility index (Phi) is 9.33. The fourth-order valence-electron chi connectivity index (χ4n) is 10.9. The molecule has 0 N–H and O–H groups in total. The van der Waals surface area contributed by atoms with Crippen molar-refractivity contribution in [1.29, 1.82) is 0 Å². The van der Waals surface area contributed by atoms with Crippen LogP contribution < -0.4 is 4.90 Å². The Morgan fingerprint density at radius 1 is 0.284 bits per heavy atom. The van der Waals surface area contributed by atoms with Crippen LogP contribution in [0.25, 0.3) is 75.5 Å². The fourth-order valence-corrected chi connectivity index (χ4v) is 12.0. The molecule has 0 spiro atoms. The molecule has 13 rings (SSSR count). The van der Waals surface area contributed by atoms with Gasteiger partial charge in [-0.3, -0.25) is 0 Å². The molecule has 1 nitrogen and oxygen atoms in total. The van der Waals surface area contributed by atoms with E-state index in [4.69, 9.17) is 0 Å². The maximum absolute atomic E-state index is 2.45. The van der Waals surface area contributed by atoms with Gasteiger partial charge in [-0.2, -0.15) is 0 Å². The minimum Gasteiger partial charge on any atom is -0.310 e. The van der Waals surface area contributed by atoms with Crippen LogP contribution in [-0.4, -0.2) is 0 Å². The smallest absolute Gasteiger partial charge is 0.0713 e. The SMILES string of the molecule is c1ccc(C2(c3ccccc3)c3ccccc3-c3ccc(-c4ccc(N(c5ccc(-c6cccc(-c7cccc8ccccc78)c6)cc5)c5ccc6sc7ccccc7c6c5)cc4)cc32)cc1. The van der Waals surface area contributed by atoms with Crippen LogP contribution in [0, 0.1) is 0 Å². The lowest BCUT2D eigenvalue weighted by Crippen LogP contribution is -2.28. The maximum Gasteiger partial charge on any atom is 0.0713 e. The first-order valence-corrected chi connectivity index (χ1v) is 23.9. The van der Waals surface area contributed by atoms with Gasteiger partial charge in [0.1, 0.15) is 0 Å². The highest BCUT2D eigenvalue weighted by Crippen LogP contribution is 2.57. The van der Waals surface area contributed by atoms with E-state index in [9.17, 15) is 0 Å². The molecule has 11 aromatic carbocycles. The average Bonchev–Trinajstić information content (AvgIpc) is 3.93. The lowest BCUT2D eigenvalue weighted by molar-refractivity contribution is 0.769. The van der Waals surface area contributed by atoms with Gasteiger partial charge in [0.15, 0.2) is 0 Å². The summed E-state index contributed by atoms with van der Waals surface area (Å²) in [6.45, 7) is 0. The molecule has 67 heavy (non-hydrogen) atoms. The van der Waals surface area contributed by atoms with E-state index in [1.54, 1.807) is 0 Å². The van der Waals surface area contributed by atoms with E-state index in [2.05, 4.69) is 266 Å². The monoisotopic (exact) mass is 869 g/mol. The molecule has 314 valence electrons. The summed E-state index contributed by atoms with van der Waals surface area (Å²) in [6, 6.07) is 96.3. The summed E-state index contributed by atoms with van der Waals surface area (Å²) in [5.41, 5.74) is 17.9. The van der Waals surface area contributed by atoms with Crippen molar-refractivity contribution in [2.45, 2.75) is 5.41 Å². The molecule has 1 aliphatic carbocycles. The van der Waals surface area contributed by atoms with Crippen molar-refractivity contribution in [3.8, 4) is 44.5 Å². The van der Waals surface area contributed by atoms with E-state index in [1.165, 1.54) is 97.7 Å². The third kappa shape index (κ3) is 6.44. The van der Waals surface area contributed by atoms with Crippen LogP contribution in [0.5, 0.6) is 0 Å². The molecule has 0 saturated carbocycles. The van der Waals surface area contributed by atoms with Gasteiger partial charge in [0.25, 0.3) is 0 Å². The van der Waals surface area contributed by atoms with Crippen LogP contribution in [0.2, 0.25) is 0 Å². The van der Waals surface area contributed by atoms with E-state index < -0.39 is 5.41 Å². The lowest BCUT2D eigenvalue weighted by Gasteiger charge is -2.34. The van der Waals surface area contributed by atoms with Gasteiger partial charge in [-0.25, -0.2) is 0 Å². The first-order valence-electron chi connectivity index (χ1n) is 23.1. The zero-order valence-electron chi connectivity index (χ0n) is 36.7. The number of anilines is 3. The van der Waals surface area contributed by atoms with E-state index >= 15 is 0 Å². The summed E-state index contributed by atoms with van der Waals surface area (Å²) >= 11 is 1.86. The van der Waals surface area contributed by atoms with Crippen molar-refractivity contribution in [3.63, 3.8) is 0 Å².